The van der Waals surface area contributed by atoms with E-state index in [1.54, 1.807) is 48.5 Å². The molecule has 2 N–H and O–H groups in total. The van der Waals surface area contributed by atoms with E-state index in [-0.39, 0.29) is 24.7 Å². The van der Waals surface area contributed by atoms with Crippen molar-refractivity contribution in [3.63, 3.8) is 0 Å². The lowest BCUT2D eigenvalue weighted by molar-refractivity contribution is -0.921. The average molecular weight is 1530 g/mol. The Hall–Kier alpha value is -3.82. The van der Waals surface area contributed by atoms with E-state index < -0.39 is 128 Å². The summed E-state index contributed by atoms with van der Waals surface area (Å²) in [5.74, 6) is -5.17. The molecule has 1 fully saturated rings. The molecule has 1 heterocycles. The van der Waals surface area contributed by atoms with Crippen molar-refractivity contribution in [1.29, 1.82) is 0 Å². The van der Waals surface area contributed by atoms with E-state index in [2.05, 4.69) is 48.8 Å². The number of nitrogens with one attached hydrogen (secondary N) is 1. The average Bonchev–Trinajstić information content (AvgIpc) is 0.717. The third-order valence-corrected chi connectivity index (χ3v) is 19.6. The fraction of sp³-hybridized carbons (Fsp3) is 0.929. The fourth-order valence-electron chi connectivity index (χ4n) is 9.09. The van der Waals surface area contributed by atoms with Crippen LogP contribution < -0.4 is 10.0 Å². The molecule has 1 saturated heterocycles. The van der Waals surface area contributed by atoms with Crippen molar-refractivity contribution in [3.8, 4) is 0 Å². The van der Waals surface area contributed by atoms with Crippen molar-refractivity contribution >= 4 is 40.0 Å². The number of alkyl halides is 12. The third kappa shape index (κ3) is 40.2. The Labute approximate surface area is 601 Å². The first-order valence-corrected chi connectivity index (χ1v) is 37.1. The predicted octanol–water partition coefficient (Wildman–Crippen LogP) is 14.2. The van der Waals surface area contributed by atoms with Gasteiger partial charge in [-0.05, 0) is 134 Å². The number of rotatable bonds is 38. The molecule has 1 aliphatic heterocycles. The molecule has 0 amide bonds. The fourth-order valence-corrected chi connectivity index (χ4v) is 9.50. The Balaban J connectivity index is -0.000000388. The minimum Gasteiger partial charge on any atom is -0.748 e. The van der Waals surface area contributed by atoms with Gasteiger partial charge in [-0.2, -0.15) is 52.7 Å². The maximum Gasteiger partial charge on any atom is 0.430 e. The number of carbonyl (C=O) groups is 5. The molecule has 32 heteroatoms. The van der Waals surface area contributed by atoms with Gasteiger partial charge in [0.05, 0.1) is 71.7 Å². The number of ether oxygens (including phenoxy) is 7. The van der Waals surface area contributed by atoms with Gasteiger partial charge in [-0.1, -0.05) is 114 Å². The van der Waals surface area contributed by atoms with Gasteiger partial charge in [0.1, 0.15) is 39.0 Å². The van der Waals surface area contributed by atoms with Crippen LogP contribution in [0.1, 0.15) is 255 Å². The lowest BCUT2D eigenvalue weighted by atomic mass is 9.82. The molecule has 0 aromatic heterocycles. The third-order valence-electron chi connectivity index (χ3n) is 18.3. The number of aliphatic carboxylic acids is 1. The highest BCUT2D eigenvalue weighted by Crippen LogP contribution is 2.55. The molecule has 0 saturated carbocycles. The van der Waals surface area contributed by atoms with Gasteiger partial charge in [0.25, 0.3) is 5.60 Å². The van der Waals surface area contributed by atoms with Crippen molar-refractivity contribution < 1.29 is 142 Å². The number of carbonyl (C=O) groups excluding carboxylic acids is 5. The lowest BCUT2D eigenvalue weighted by Crippen LogP contribution is -3.14. The molecule has 0 radical (unpaired) electrons. The van der Waals surface area contributed by atoms with Crippen molar-refractivity contribution in [1.82, 2.24) is 0 Å². The number of aliphatic hydroxyl groups is 1. The molecule has 0 spiro atoms. The van der Waals surface area contributed by atoms with Gasteiger partial charge in [0, 0.05) is 31.1 Å². The second-order valence-corrected chi connectivity index (χ2v) is 30.4. The van der Waals surface area contributed by atoms with Gasteiger partial charge in [-0.25, -0.2) is 8.42 Å². The molecule has 1 rings (SSSR count). The number of hydrogen-bond donors (Lipinski definition) is 2. The van der Waals surface area contributed by atoms with E-state index >= 15 is 0 Å². The summed E-state index contributed by atoms with van der Waals surface area (Å²) in [7, 11) is -3.07. The van der Waals surface area contributed by atoms with E-state index in [1.165, 1.54) is 129 Å². The van der Waals surface area contributed by atoms with Crippen LogP contribution in [-0.4, -0.2) is 191 Å². The van der Waals surface area contributed by atoms with Crippen molar-refractivity contribution in [2.45, 2.75) is 314 Å². The second-order valence-electron chi connectivity index (χ2n) is 28.6. The van der Waals surface area contributed by atoms with E-state index in [0.29, 0.717) is 46.1 Å². The summed E-state index contributed by atoms with van der Waals surface area (Å²) in [6.07, 6.45) is -15.8. The molecule has 3 atom stereocenters. The Morgan fingerprint density at radius 1 is 0.588 bits per heavy atom. The van der Waals surface area contributed by atoms with Crippen LogP contribution in [0.3, 0.4) is 0 Å². The molecular weight excluding hydrogens is 1400 g/mol. The monoisotopic (exact) mass is 1530 g/mol. The Morgan fingerprint density at radius 3 is 1.30 bits per heavy atom. The van der Waals surface area contributed by atoms with Crippen LogP contribution in [0.4, 0.5) is 52.7 Å². The number of unbranched alkanes of at least 4 members (excludes halogenated alkanes) is 8. The van der Waals surface area contributed by atoms with Crippen molar-refractivity contribution in [2.24, 2.45) is 28.1 Å². The molecule has 612 valence electrons. The smallest absolute Gasteiger partial charge is 0.430 e. The summed E-state index contributed by atoms with van der Waals surface area (Å²) in [5.41, 5.74) is -15.8. The van der Waals surface area contributed by atoms with Crippen LogP contribution in [0.15, 0.2) is 0 Å². The van der Waals surface area contributed by atoms with Gasteiger partial charge < -0.3 is 62.1 Å². The van der Waals surface area contributed by atoms with E-state index in [1.807, 2.05) is 6.92 Å². The maximum atomic E-state index is 13.9. The predicted molar refractivity (Wildman–Crippen MR) is 362 cm³/mol. The Bertz CT molecular complexity index is 2370. The molecule has 102 heavy (non-hydrogen) atoms. The SMILES string of the molecule is CCC(C)(C)C(=O)OC(C)(C)C(OC(OC)C(C)C)(C(F)(F)F)C(F)(F)F.CCC(C)(C)C(=O)OC(CC(C)C)CC(O)(C(F)(F)F)C(F)(F)F.CCC(C)(C)C(=O)OCC(=O)[O-].CCC(C)S(=O)(=O)[O-].CCCCCCCCCCCC(=O)OCC[NH+]1CCOCC1.CC[N+](CC)(CC)CC. The number of methoxy groups -OCH3 is 1. The Kier molecular flexibility index (Phi) is 51.5. The number of nitrogens with zero attached hydrogens (tertiary/aromatic N) is 1. The first kappa shape index (κ1) is 107. The molecule has 0 aliphatic carbocycles. The van der Waals surface area contributed by atoms with Gasteiger partial charge in [0.15, 0.2) is 11.9 Å². The van der Waals surface area contributed by atoms with Crippen molar-refractivity contribution in [3.05, 3.63) is 0 Å². The highest BCUT2D eigenvalue weighted by Gasteiger charge is 2.81. The van der Waals surface area contributed by atoms with Crippen molar-refractivity contribution in [2.75, 3.05) is 79.4 Å². The highest BCUT2D eigenvalue weighted by molar-refractivity contribution is 7.86. The lowest BCUT2D eigenvalue weighted by Gasteiger charge is -2.48. The Morgan fingerprint density at radius 2 is 0.990 bits per heavy atom. The number of quaternary nitrogens is 2. The second kappa shape index (κ2) is 49.2. The molecule has 1 aliphatic rings. The highest BCUT2D eigenvalue weighted by atomic mass is 32.2. The maximum absolute atomic E-state index is 13.9. The molecular formula is C70H130F12N2O17S. The summed E-state index contributed by atoms with van der Waals surface area (Å²) in [5, 5.41) is 18.5. The number of halogens is 12. The van der Waals surface area contributed by atoms with Crippen LogP contribution in [0.25, 0.3) is 0 Å². The van der Waals surface area contributed by atoms with Crippen LogP contribution in [-0.2, 0) is 67.2 Å². The van der Waals surface area contributed by atoms with Gasteiger partial charge in [-0.3, -0.25) is 19.2 Å². The van der Waals surface area contributed by atoms with Gasteiger partial charge in [0.2, 0.25) is 0 Å². The number of hydrogen-bond acceptors (Lipinski definition) is 17. The molecule has 3 unspecified atom stereocenters. The largest absolute Gasteiger partial charge is 0.748 e. The molecule has 19 nitrogen and oxygen atoms in total. The minimum atomic E-state index is -5.95. The zero-order chi connectivity index (χ0) is 81.4. The van der Waals surface area contributed by atoms with E-state index in [0.717, 1.165) is 52.8 Å². The summed E-state index contributed by atoms with van der Waals surface area (Å²) in [6.45, 7) is 45.1. The first-order chi connectivity index (χ1) is 46.2. The summed E-state index contributed by atoms with van der Waals surface area (Å²) >= 11 is 0. The first-order valence-electron chi connectivity index (χ1n) is 35.6. The minimum absolute atomic E-state index is 0.0180. The van der Waals surface area contributed by atoms with E-state index in [9.17, 15) is 99.8 Å². The zero-order valence-corrected chi connectivity index (χ0v) is 66.2. The molecule has 0 aromatic rings. The van der Waals surface area contributed by atoms with Crippen LogP contribution in [0.2, 0.25) is 0 Å². The van der Waals surface area contributed by atoms with Crippen LogP contribution in [0, 0.1) is 28.1 Å². The number of carboxylic acid groups (broad SMARTS) is 1. The number of morpholine rings is 1. The van der Waals surface area contributed by atoms with Crippen LogP contribution in [0.5, 0.6) is 0 Å². The van der Waals surface area contributed by atoms with Crippen LogP contribution >= 0.6 is 0 Å². The quantitative estimate of drug-likeness (QED) is 0.0111. The summed E-state index contributed by atoms with van der Waals surface area (Å²) in [4.78, 5) is 58.4. The standard InChI is InChI=1S/C18H35NO3.C17H28F6O4.C15H24F6O3.C8H20N.C8H14O4.C4H10O3S/c1-2-3-4-5-6-7-8-9-10-11-18(20)22-17-14-19-12-15-21-16-13-19;1-9-13(4,5)12(24)27-14(6,7)15(16(18,19)20,17(21,22)23)26-11(25-8)10(2)3;1-6-12(4,5)11(22)24-10(7-9(2)3)8-13(23,14(16,17)18)15(19,20)21;1-5-9(6-2,7-3)8-4;1-4-8(2,3)7(11)12-5-6(9)10;1-3-4(2)8(5,6)7/h2-17H2,1H3;10-11H,9H2,1-8H3;9-10,23H,6-8H2,1-5H3;5-8H2,1-4H3;4-5H2,1-3H3,(H,9,10);4H,3H2,1-2H3,(H,5,6,7)/q;;;+1;;/p-1. The van der Waals surface area contributed by atoms with E-state index in [4.69, 9.17) is 18.9 Å². The molecule has 0 bridgehead atoms. The van der Waals surface area contributed by atoms with Gasteiger partial charge in [-0.15, -0.1) is 0 Å². The van der Waals surface area contributed by atoms with Gasteiger partial charge >= 0.3 is 54.2 Å². The topological polar surface area (TPSA) is 255 Å². The molecule has 0 aromatic carbocycles. The normalized spacial score (nSPS) is 14.9. The summed E-state index contributed by atoms with van der Waals surface area (Å²) in [6, 6.07) is 0. The summed E-state index contributed by atoms with van der Waals surface area (Å²) < 4.78 is 225. The zero-order valence-electron chi connectivity index (χ0n) is 65.3. The number of esters is 4. The number of carboxylic acids is 1.